The summed E-state index contributed by atoms with van der Waals surface area (Å²) in [7, 11) is -3.02. The zero-order chi connectivity index (χ0) is 17.7. The van der Waals surface area contributed by atoms with Crippen molar-refractivity contribution in [1.82, 2.24) is 4.31 Å². The Balaban J connectivity index is 2.23. The Kier molecular flexibility index (Phi) is 12.0. The van der Waals surface area contributed by atoms with Gasteiger partial charge >= 0.3 is 0 Å². The van der Waals surface area contributed by atoms with E-state index in [-0.39, 0.29) is 0 Å². The fourth-order valence-corrected chi connectivity index (χ4v) is 5.68. The third-order valence-corrected chi connectivity index (χ3v) is 7.33. The average Bonchev–Trinajstić information content (AvgIpc) is 3.03. The maximum Gasteiger partial charge on any atom is 0.214 e. The smallest absolute Gasteiger partial charge is 0.212 e. The summed E-state index contributed by atoms with van der Waals surface area (Å²) in [6.45, 7) is 5.20. The lowest BCUT2D eigenvalue weighted by Gasteiger charge is -2.24. The molecular weight excluding hydrogens is 318 g/mol. The quantitative estimate of drug-likeness (QED) is 0.342. The molecule has 0 aromatic carbocycles. The van der Waals surface area contributed by atoms with Crippen LogP contribution in [0.15, 0.2) is 0 Å². The normalized spacial score (nSPS) is 19.2. The summed E-state index contributed by atoms with van der Waals surface area (Å²) in [6, 6.07) is 0.293. The molecule has 144 valence electrons. The van der Waals surface area contributed by atoms with Gasteiger partial charge in [-0.1, -0.05) is 84.5 Å². The molecule has 1 saturated heterocycles. The van der Waals surface area contributed by atoms with Gasteiger partial charge in [-0.25, -0.2) is 8.42 Å². The van der Waals surface area contributed by atoms with Gasteiger partial charge in [0.2, 0.25) is 10.0 Å². The fourth-order valence-electron chi connectivity index (χ4n) is 3.81. The lowest BCUT2D eigenvalue weighted by Crippen LogP contribution is -2.37. The van der Waals surface area contributed by atoms with E-state index in [9.17, 15) is 8.42 Å². The third-order valence-electron chi connectivity index (χ3n) is 5.33. The third kappa shape index (κ3) is 8.84. The van der Waals surface area contributed by atoms with Crippen molar-refractivity contribution >= 4 is 10.0 Å². The van der Waals surface area contributed by atoms with E-state index < -0.39 is 10.0 Å². The molecule has 0 aromatic heterocycles. The van der Waals surface area contributed by atoms with Crippen LogP contribution in [0.5, 0.6) is 0 Å². The Hall–Kier alpha value is -0.0900. The molecule has 1 aliphatic rings. The van der Waals surface area contributed by atoms with Gasteiger partial charge in [0.05, 0.1) is 5.75 Å². The largest absolute Gasteiger partial charge is 0.214 e. The molecule has 0 N–H and O–H groups in total. The molecular formula is C20H41NO2S. The van der Waals surface area contributed by atoms with Crippen LogP contribution in [-0.2, 0) is 10.0 Å². The van der Waals surface area contributed by atoms with Crippen molar-refractivity contribution in [2.45, 2.75) is 116 Å². The molecule has 4 heteroatoms. The predicted molar refractivity (Wildman–Crippen MR) is 105 cm³/mol. The van der Waals surface area contributed by atoms with Crippen LogP contribution in [0.25, 0.3) is 0 Å². The standard InChI is InChI=1S/C20H41NO2S/c1-3-5-7-9-10-11-13-16-20-17-15-18-21(20)24(22,23)19-14-12-8-6-4-2/h20H,3-19H2,1-2H3. The lowest BCUT2D eigenvalue weighted by atomic mass is 10.0. The van der Waals surface area contributed by atoms with Crippen LogP contribution in [0.3, 0.4) is 0 Å². The minimum Gasteiger partial charge on any atom is -0.212 e. The number of unbranched alkanes of at least 4 members (excludes halogenated alkanes) is 10. The predicted octanol–water partition coefficient (Wildman–Crippen LogP) is 5.89. The molecule has 0 amide bonds. The Morgan fingerprint density at radius 2 is 1.33 bits per heavy atom. The van der Waals surface area contributed by atoms with Crippen molar-refractivity contribution in [2.24, 2.45) is 0 Å². The summed E-state index contributed by atoms with van der Waals surface area (Å²) in [5, 5.41) is 0. The fraction of sp³-hybridized carbons (Fsp3) is 1.00. The molecule has 0 aromatic rings. The first-order valence-electron chi connectivity index (χ1n) is 10.6. The molecule has 1 heterocycles. The van der Waals surface area contributed by atoms with Crippen molar-refractivity contribution in [2.75, 3.05) is 12.3 Å². The highest BCUT2D eigenvalue weighted by molar-refractivity contribution is 7.89. The summed E-state index contributed by atoms with van der Waals surface area (Å²) in [5.41, 5.74) is 0. The number of hydrogen-bond donors (Lipinski definition) is 0. The first-order valence-corrected chi connectivity index (χ1v) is 12.2. The van der Waals surface area contributed by atoms with Crippen molar-refractivity contribution in [1.29, 1.82) is 0 Å². The van der Waals surface area contributed by atoms with Gasteiger partial charge in [-0.3, -0.25) is 0 Å². The Bertz CT molecular complexity index is 394. The average molecular weight is 360 g/mol. The van der Waals surface area contributed by atoms with Gasteiger partial charge in [0, 0.05) is 12.6 Å². The van der Waals surface area contributed by atoms with Gasteiger partial charge in [-0.2, -0.15) is 4.31 Å². The van der Waals surface area contributed by atoms with Gasteiger partial charge < -0.3 is 0 Å². The van der Waals surface area contributed by atoms with Crippen LogP contribution in [0.2, 0.25) is 0 Å². The number of nitrogens with zero attached hydrogens (tertiary/aromatic N) is 1. The molecule has 0 bridgehead atoms. The number of rotatable bonds is 15. The van der Waals surface area contributed by atoms with Crippen LogP contribution in [-0.4, -0.2) is 31.1 Å². The van der Waals surface area contributed by atoms with Gasteiger partial charge in [0.1, 0.15) is 0 Å². The van der Waals surface area contributed by atoms with Crippen LogP contribution >= 0.6 is 0 Å². The molecule has 24 heavy (non-hydrogen) atoms. The lowest BCUT2D eigenvalue weighted by molar-refractivity contribution is 0.358. The zero-order valence-corrected chi connectivity index (χ0v) is 17.1. The van der Waals surface area contributed by atoms with Crippen molar-refractivity contribution < 1.29 is 8.42 Å². The number of sulfonamides is 1. The van der Waals surface area contributed by atoms with Crippen LogP contribution < -0.4 is 0 Å². The van der Waals surface area contributed by atoms with Crippen molar-refractivity contribution in [3.05, 3.63) is 0 Å². The highest BCUT2D eigenvalue weighted by Gasteiger charge is 2.33. The van der Waals surface area contributed by atoms with E-state index in [4.69, 9.17) is 0 Å². The van der Waals surface area contributed by atoms with E-state index in [1.54, 1.807) is 0 Å². The van der Waals surface area contributed by atoms with Gasteiger partial charge in [0.15, 0.2) is 0 Å². The van der Waals surface area contributed by atoms with Crippen molar-refractivity contribution in [3.63, 3.8) is 0 Å². The Morgan fingerprint density at radius 1 is 0.792 bits per heavy atom. The molecule has 0 aliphatic carbocycles. The van der Waals surface area contributed by atoms with Gasteiger partial charge in [-0.05, 0) is 25.7 Å². The minimum atomic E-state index is -3.02. The molecule has 0 radical (unpaired) electrons. The van der Waals surface area contributed by atoms with Crippen LogP contribution in [0.1, 0.15) is 110 Å². The first-order chi connectivity index (χ1) is 11.6. The molecule has 1 atom stereocenters. The monoisotopic (exact) mass is 359 g/mol. The summed E-state index contributed by atoms with van der Waals surface area (Å²) in [5.74, 6) is 0.365. The van der Waals surface area contributed by atoms with E-state index in [0.717, 1.165) is 38.6 Å². The highest BCUT2D eigenvalue weighted by Crippen LogP contribution is 2.26. The van der Waals surface area contributed by atoms with Gasteiger partial charge in [0.25, 0.3) is 0 Å². The Morgan fingerprint density at radius 3 is 1.96 bits per heavy atom. The summed E-state index contributed by atoms with van der Waals surface area (Å²) >= 11 is 0. The Labute approximate surface area is 151 Å². The maximum atomic E-state index is 12.6. The SMILES string of the molecule is CCCCCCCCCC1CCCN1S(=O)(=O)CCCCCCC. The molecule has 1 rings (SSSR count). The van der Waals surface area contributed by atoms with Crippen LogP contribution in [0.4, 0.5) is 0 Å². The molecule has 1 fully saturated rings. The topological polar surface area (TPSA) is 37.4 Å². The highest BCUT2D eigenvalue weighted by atomic mass is 32.2. The molecule has 1 aliphatic heterocycles. The minimum absolute atomic E-state index is 0.293. The second-order valence-electron chi connectivity index (χ2n) is 7.55. The summed E-state index contributed by atoms with van der Waals surface area (Å²) in [6.07, 6.45) is 17.8. The molecule has 3 nitrogen and oxygen atoms in total. The second-order valence-corrected chi connectivity index (χ2v) is 9.59. The second kappa shape index (κ2) is 13.2. The van der Waals surface area contributed by atoms with E-state index in [0.29, 0.717) is 11.8 Å². The first kappa shape index (κ1) is 22.0. The van der Waals surface area contributed by atoms with E-state index in [1.807, 2.05) is 4.31 Å². The number of hydrogen-bond acceptors (Lipinski definition) is 2. The molecule has 0 spiro atoms. The summed E-state index contributed by atoms with van der Waals surface area (Å²) in [4.78, 5) is 0. The van der Waals surface area contributed by atoms with Crippen LogP contribution in [0, 0.1) is 0 Å². The van der Waals surface area contributed by atoms with E-state index in [1.165, 1.54) is 64.2 Å². The summed E-state index contributed by atoms with van der Waals surface area (Å²) < 4.78 is 27.1. The molecule has 1 unspecified atom stereocenters. The van der Waals surface area contributed by atoms with E-state index in [2.05, 4.69) is 13.8 Å². The van der Waals surface area contributed by atoms with Gasteiger partial charge in [-0.15, -0.1) is 0 Å². The molecule has 0 saturated carbocycles. The zero-order valence-electron chi connectivity index (χ0n) is 16.3. The maximum absolute atomic E-state index is 12.6. The van der Waals surface area contributed by atoms with E-state index >= 15 is 0 Å². The van der Waals surface area contributed by atoms with Crippen molar-refractivity contribution in [3.8, 4) is 0 Å².